The number of aliphatic hydroxyl groups excluding tert-OH is 1. The minimum atomic E-state index is -0.0399. The Morgan fingerprint density at radius 3 is 2.83 bits per heavy atom. The van der Waals surface area contributed by atoms with Crippen LogP contribution < -0.4 is 0 Å². The number of aliphatic hydroxyl groups is 1. The standard InChI is InChI=1S/C19H29N3O2/c1-14-20-11-17(13-23)19(21-14)16-7-4-10-22(12-16)18(24)9-8-15-5-2-3-6-15/h11,15-16,23H,2-10,12-13H2,1H3. The molecule has 1 unspecified atom stereocenters. The van der Waals surface area contributed by atoms with Gasteiger partial charge in [-0.15, -0.1) is 0 Å². The molecule has 1 aliphatic carbocycles. The summed E-state index contributed by atoms with van der Waals surface area (Å²) in [5.41, 5.74) is 1.73. The van der Waals surface area contributed by atoms with E-state index in [1.54, 1.807) is 6.20 Å². The number of aromatic nitrogens is 2. The fourth-order valence-electron chi connectivity index (χ4n) is 4.20. The number of carbonyl (C=O) groups excluding carboxylic acids is 1. The Kier molecular flexibility index (Phi) is 5.82. The number of amides is 1. The van der Waals surface area contributed by atoms with Gasteiger partial charge in [-0.3, -0.25) is 4.79 Å². The SMILES string of the molecule is Cc1ncc(CO)c(C2CCCN(C(=O)CCC3CCCC3)C2)n1. The van der Waals surface area contributed by atoms with Crippen LogP contribution in [0.1, 0.15) is 74.4 Å². The molecule has 1 N–H and O–H groups in total. The number of carbonyl (C=O) groups is 1. The van der Waals surface area contributed by atoms with E-state index in [0.29, 0.717) is 12.3 Å². The fourth-order valence-corrected chi connectivity index (χ4v) is 4.20. The molecule has 1 aromatic rings. The van der Waals surface area contributed by atoms with Gasteiger partial charge in [0.1, 0.15) is 5.82 Å². The van der Waals surface area contributed by atoms with Crippen molar-refractivity contribution in [2.45, 2.75) is 70.8 Å². The van der Waals surface area contributed by atoms with Gasteiger partial charge in [0.25, 0.3) is 0 Å². The van der Waals surface area contributed by atoms with Gasteiger partial charge in [0.15, 0.2) is 0 Å². The Balaban J connectivity index is 1.61. The topological polar surface area (TPSA) is 66.3 Å². The van der Waals surface area contributed by atoms with Crippen molar-refractivity contribution in [1.29, 1.82) is 0 Å². The average molecular weight is 331 g/mol. The Morgan fingerprint density at radius 1 is 1.29 bits per heavy atom. The highest BCUT2D eigenvalue weighted by Crippen LogP contribution is 2.31. The van der Waals surface area contributed by atoms with Crippen molar-refractivity contribution in [3.05, 3.63) is 23.3 Å². The van der Waals surface area contributed by atoms with Crippen molar-refractivity contribution in [1.82, 2.24) is 14.9 Å². The molecule has 0 bridgehead atoms. The van der Waals surface area contributed by atoms with Gasteiger partial charge >= 0.3 is 0 Å². The summed E-state index contributed by atoms with van der Waals surface area (Å²) in [5, 5.41) is 9.56. The van der Waals surface area contributed by atoms with Gasteiger partial charge in [0.2, 0.25) is 5.91 Å². The summed E-state index contributed by atoms with van der Waals surface area (Å²) >= 11 is 0. The maximum Gasteiger partial charge on any atom is 0.222 e. The Morgan fingerprint density at radius 2 is 2.08 bits per heavy atom. The van der Waals surface area contributed by atoms with Gasteiger partial charge in [-0.1, -0.05) is 25.7 Å². The number of hydrogen-bond donors (Lipinski definition) is 1. The number of nitrogens with zero attached hydrogens (tertiary/aromatic N) is 3. The molecule has 132 valence electrons. The smallest absolute Gasteiger partial charge is 0.222 e. The lowest BCUT2D eigenvalue weighted by atomic mass is 9.91. The first-order valence-electron chi connectivity index (χ1n) is 9.38. The summed E-state index contributed by atoms with van der Waals surface area (Å²) < 4.78 is 0. The minimum absolute atomic E-state index is 0.0399. The Bertz CT molecular complexity index is 570. The molecule has 24 heavy (non-hydrogen) atoms. The molecular formula is C19H29N3O2. The van der Waals surface area contributed by atoms with Crippen molar-refractivity contribution in [3.63, 3.8) is 0 Å². The molecule has 5 heteroatoms. The first kappa shape index (κ1) is 17.3. The fraction of sp³-hybridized carbons (Fsp3) is 0.737. The largest absolute Gasteiger partial charge is 0.392 e. The molecule has 2 heterocycles. The van der Waals surface area contributed by atoms with E-state index in [4.69, 9.17) is 0 Å². The number of aryl methyl sites for hydroxylation is 1. The summed E-state index contributed by atoms with van der Waals surface area (Å²) in [7, 11) is 0. The zero-order valence-electron chi connectivity index (χ0n) is 14.7. The maximum absolute atomic E-state index is 12.6. The lowest BCUT2D eigenvalue weighted by Gasteiger charge is -2.33. The van der Waals surface area contributed by atoms with Gasteiger partial charge < -0.3 is 10.0 Å². The van der Waals surface area contributed by atoms with Crippen LogP contribution in [0, 0.1) is 12.8 Å². The molecule has 1 aliphatic heterocycles. The predicted octanol–water partition coefficient (Wildman–Crippen LogP) is 2.95. The van der Waals surface area contributed by atoms with Crippen LogP contribution in [0.3, 0.4) is 0 Å². The van der Waals surface area contributed by atoms with Crippen LogP contribution >= 0.6 is 0 Å². The lowest BCUT2D eigenvalue weighted by Crippen LogP contribution is -2.39. The van der Waals surface area contributed by atoms with Crippen LogP contribution in [0.25, 0.3) is 0 Å². The van der Waals surface area contributed by atoms with E-state index in [1.165, 1.54) is 25.7 Å². The van der Waals surface area contributed by atoms with Crippen LogP contribution in [-0.4, -0.2) is 39.0 Å². The van der Waals surface area contributed by atoms with Crippen molar-refractivity contribution < 1.29 is 9.90 Å². The van der Waals surface area contributed by atoms with Gasteiger partial charge in [-0.05, 0) is 32.1 Å². The van der Waals surface area contributed by atoms with E-state index in [-0.39, 0.29) is 12.5 Å². The molecule has 3 rings (SSSR count). The molecule has 2 fully saturated rings. The molecule has 0 radical (unpaired) electrons. The molecule has 0 spiro atoms. The van der Waals surface area contributed by atoms with Gasteiger partial charge in [-0.25, -0.2) is 9.97 Å². The third kappa shape index (κ3) is 4.12. The lowest BCUT2D eigenvalue weighted by molar-refractivity contribution is -0.132. The molecule has 5 nitrogen and oxygen atoms in total. The van der Waals surface area contributed by atoms with E-state index < -0.39 is 0 Å². The van der Waals surface area contributed by atoms with E-state index in [1.807, 2.05) is 11.8 Å². The van der Waals surface area contributed by atoms with Gasteiger partial charge in [-0.2, -0.15) is 0 Å². The van der Waals surface area contributed by atoms with Gasteiger partial charge in [0.05, 0.1) is 12.3 Å². The van der Waals surface area contributed by atoms with Crippen molar-refractivity contribution in [2.75, 3.05) is 13.1 Å². The number of likely N-dealkylation sites (tertiary alicyclic amines) is 1. The van der Waals surface area contributed by atoms with Crippen LogP contribution in [0.5, 0.6) is 0 Å². The van der Waals surface area contributed by atoms with E-state index in [2.05, 4.69) is 9.97 Å². The monoisotopic (exact) mass is 331 g/mol. The second-order valence-electron chi connectivity index (χ2n) is 7.35. The van der Waals surface area contributed by atoms with Crippen LogP contribution in [0.2, 0.25) is 0 Å². The number of hydrogen-bond acceptors (Lipinski definition) is 4. The highest BCUT2D eigenvalue weighted by Gasteiger charge is 2.28. The molecule has 2 aliphatic rings. The molecule has 0 aromatic carbocycles. The highest BCUT2D eigenvalue weighted by atomic mass is 16.3. The van der Waals surface area contributed by atoms with Gasteiger partial charge in [0, 0.05) is 37.2 Å². The normalized spacial score (nSPS) is 22.1. The van der Waals surface area contributed by atoms with Crippen molar-refractivity contribution >= 4 is 5.91 Å². The Labute approximate surface area is 144 Å². The first-order chi connectivity index (χ1) is 11.7. The minimum Gasteiger partial charge on any atom is -0.392 e. The number of piperidine rings is 1. The second-order valence-corrected chi connectivity index (χ2v) is 7.35. The zero-order chi connectivity index (χ0) is 16.9. The van der Waals surface area contributed by atoms with Crippen LogP contribution in [0.4, 0.5) is 0 Å². The third-order valence-electron chi connectivity index (χ3n) is 5.59. The predicted molar refractivity (Wildman–Crippen MR) is 92.4 cm³/mol. The maximum atomic E-state index is 12.6. The van der Waals surface area contributed by atoms with Crippen LogP contribution in [-0.2, 0) is 11.4 Å². The molecule has 1 aromatic heterocycles. The van der Waals surface area contributed by atoms with Crippen LogP contribution in [0.15, 0.2) is 6.20 Å². The summed E-state index contributed by atoms with van der Waals surface area (Å²) in [5.74, 6) is 2.01. The molecule has 1 saturated heterocycles. The van der Waals surface area contributed by atoms with E-state index in [9.17, 15) is 9.90 Å². The van der Waals surface area contributed by atoms with Crippen molar-refractivity contribution in [3.8, 4) is 0 Å². The molecule has 1 saturated carbocycles. The Hall–Kier alpha value is -1.49. The average Bonchev–Trinajstić information content (AvgIpc) is 3.13. The first-order valence-corrected chi connectivity index (χ1v) is 9.38. The van der Waals surface area contributed by atoms with Crippen molar-refractivity contribution in [2.24, 2.45) is 5.92 Å². The quantitative estimate of drug-likeness (QED) is 0.901. The third-order valence-corrected chi connectivity index (χ3v) is 5.59. The highest BCUT2D eigenvalue weighted by molar-refractivity contribution is 5.76. The summed E-state index contributed by atoms with van der Waals surface area (Å²) in [6.07, 6.45) is 10.8. The van der Waals surface area contributed by atoms with E-state index >= 15 is 0 Å². The summed E-state index contributed by atoms with van der Waals surface area (Å²) in [4.78, 5) is 23.4. The number of rotatable bonds is 5. The molecular weight excluding hydrogens is 302 g/mol. The summed E-state index contributed by atoms with van der Waals surface area (Å²) in [6.45, 7) is 3.42. The summed E-state index contributed by atoms with van der Waals surface area (Å²) in [6, 6.07) is 0. The molecule has 1 atom stereocenters. The molecule has 1 amide bonds. The van der Waals surface area contributed by atoms with E-state index in [0.717, 1.165) is 55.4 Å². The zero-order valence-corrected chi connectivity index (χ0v) is 14.7. The second kappa shape index (κ2) is 8.06.